The quantitative estimate of drug-likeness (QED) is 0.518. The van der Waals surface area contributed by atoms with Crippen molar-refractivity contribution in [2.24, 2.45) is 0 Å². The molecular formula is C25H23F3N2O3. The van der Waals surface area contributed by atoms with Crippen molar-refractivity contribution in [3.63, 3.8) is 0 Å². The minimum atomic E-state index is -4.42. The smallest absolute Gasteiger partial charge is 0.394 e. The van der Waals surface area contributed by atoms with Crippen LogP contribution in [0, 0.1) is 0 Å². The van der Waals surface area contributed by atoms with E-state index in [1.807, 2.05) is 17.0 Å². The molecule has 1 atom stereocenters. The number of benzene rings is 3. The van der Waals surface area contributed by atoms with Crippen LogP contribution in [-0.4, -0.2) is 40.3 Å². The molecule has 1 heterocycles. The molecule has 0 saturated heterocycles. The molecule has 1 aliphatic rings. The van der Waals surface area contributed by atoms with Crippen molar-refractivity contribution in [3.05, 3.63) is 89.0 Å². The number of rotatable bonds is 6. The number of halogens is 3. The lowest BCUT2D eigenvalue weighted by Crippen LogP contribution is -2.30. The lowest BCUT2D eigenvalue weighted by molar-refractivity contribution is -0.137. The number of aliphatic hydroxyl groups excluding tert-OH is 2. The molecule has 0 radical (unpaired) electrons. The number of β-amino-alcohol motifs (C(OH)–C–C–N with tert-alkyl or cyclic N) is 1. The molecule has 0 saturated carbocycles. The van der Waals surface area contributed by atoms with Gasteiger partial charge in [0.2, 0.25) is 0 Å². The Kier molecular flexibility index (Phi) is 6.51. The molecule has 33 heavy (non-hydrogen) atoms. The fraction of sp³-hybridized carbons (Fsp3) is 0.240. The monoisotopic (exact) mass is 456 g/mol. The van der Waals surface area contributed by atoms with E-state index in [1.165, 1.54) is 12.1 Å². The van der Waals surface area contributed by atoms with Crippen LogP contribution < -0.4 is 5.32 Å². The van der Waals surface area contributed by atoms with Gasteiger partial charge in [0.15, 0.2) is 0 Å². The zero-order valence-corrected chi connectivity index (χ0v) is 17.6. The second-order valence-corrected chi connectivity index (χ2v) is 8.06. The first-order valence-electron chi connectivity index (χ1n) is 10.5. The van der Waals surface area contributed by atoms with Gasteiger partial charge in [0.25, 0.3) is 5.91 Å². The van der Waals surface area contributed by atoms with Gasteiger partial charge in [-0.2, -0.15) is 13.2 Å². The Balaban J connectivity index is 1.51. The standard InChI is InChI=1S/C25H23F3N2O3/c26-25(27,28)19-8-5-16(6-9-19)22-3-1-2-4-23(22)24(33)29-20-10-7-17-12-30(13-18(17)11-20)14-21(32)15-31/h1-11,21,31-32H,12-15H2,(H,29,33). The number of fused-ring (bicyclic) bond motifs is 1. The van der Waals surface area contributed by atoms with Crippen LogP contribution in [-0.2, 0) is 19.3 Å². The summed E-state index contributed by atoms with van der Waals surface area (Å²) in [5.41, 5.74) is 3.37. The molecule has 0 spiro atoms. The van der Waals surface area contributed by atoms with E-state index in [4.69, 9.17) is 5.11 Å². The van der Waals surface area contributed by atoms with Gasteiger partial charge >= 0.3 is 6.18 Å². The van der Waals surface area contributed by atoms with Crippen LogP contribution in [0.1, 0.15) is 27.0 Å². The Labute approximate surface area is 189 Å². The highest BCUT2D eigenvalue weighted by Gasteiger charge is 2.30. The molecule has 0 bridgehead atoms. The summed E-state index contributed by atoms with van der Waals surface area (Å²) in [6.07, 6.45) is -5.23. The van der Waals surface area contributed by atoms with Gasteiger partial charge in [0.05, 0.1) is 18.3 Å². The maximum atomic E-state index is 13.0. The van der Waals surface area contributed by atoms with E-state index in [-0.39, 0.29) is 12.5 Å². The molecule has 8 heteroatoms. The van der Waals surface area contributed by atoms with Gasteiger partial charge in [-0.1, -0.05) is 36.4 Å². The summed E-state index contributed by atoms with van der Waals surface area (Å²) in [5.74, 6) is -0.365. The average Bonchev–Trinajstić information content (AvgIpc) is 3.20. The van der Waals surface area contributed by atoms with E-state index < -0.39 is 17.8 Å². The van der Waals surface area contributed by atoms with Gasteiger partial charge in [-0.25, -0.2) is 0 Å². The second kappa shape index (κ2) is 9.35. The van der Waals surface area contributed by atoms with Crippen LogP contribution >= 0.6 is 0 Å². The number of amides is 1. The zero-order valence-electron chi connectivity index (χ0n) is 17.6. The number of carbonyl (C=O) groups excluding carboxylic acids is 1. The average molecular weight is 456 g/mol. The summed E-state index contributed by atoms with van der Waals surface area (Å²) in [7, 11) is 0. The molecule has 3 aromatic rings. The molecule has 1 amide bonds. The van der Waals surface area contributed by atoms with Crippen LogP contribution in [0.15, 0.2) is 66.7 Å². The highest BCUT2D eigenvalue weighted by molar-refractivity contribution is 6.08. The number of hydrogen-bond acceptors (Lipinski definition) is 4. The van der Waals surface area contributed by atoms with E-state index in [1.54, 1.807) is 30.3 Å². The van der Waals surface area contributed by atoms with Crippen molar-refractivity contribution in [3.8, 4) is 11.1 Å². The van der Waals surface area contributed by atoms with E-state index in [2.05, 4.69) is 5.32 Å². The number of alkyl halides is 3. The molecule has 3 aromatic carbocycles. The van der Waals surface area contributed by atoms with Crippen molar-refractivity contribution < 1.29 is 28.2 Å². The zero-order chi connectivity index (χ0) is 23.6. The predicted molar refractivity (Wildman–Crippen MR) is 118 cm³/mol. The van der Waals surface area contributed by atoms with Crippen LogP contribution in [0.3, 0.4) is 0 Å². The maximum absolute atomic E-state index is 13.0. The van der Waals surface area contributed by atoms with E-state index in [9.17, 15) is 23.1 Å². The third-order valence-corrected chi connectivity index (χ3v) is 5.63. The fourth-order valence-electron chi connectivity index (χ4n) is 4.00. The van der Waals surface area contributed by atoms with Gasteiger partial charge in [-0.3, -0.25) is 9.69 Å². The molecule has 172 valence electrons. The fourth-order valence-corrected chi connectivity index (χ4v) is 4.00. The first-order valence-corrected chi connectivity index (χ1v) is 10.5. The molecule has 1 aliphatic heterocycles. The number of nitrogens with zero attached hydrogens (tertiary/aromatic N) is 1. The molecule has 0 aliphatic carbocycles. The number of hydrogen-bond donors (Lipinski definition) is 3. The SMILES string of the molecule is O=C(Nc1ccc2c(c1)CN(CC(O)CO)C2)c1ccccc1-c1ccc(C(F)(F)F)cc1. The minimum absolute atomic E-state index is 0.299. The molecule has 0 aromatic heterocycles. The van der Waals surface area contributed by atoms with Crippen molar-refractivity contribution in [1.29, 1.82) is 0 Å². The first kappa shape index (κ1) is 23.0. The van der Waals surface area contributed by atoms with Gasteiger partial charge in [0.1, 0.15) is 0 Å². The van der Waals surface area contributed by atoms with E-state index >= 15 is 0 Å². The Morgan fingerprint density at radius 2 is 1.70 bits per heavy atom. The van der Waals surface area contributed by atoms with Gasteiger partial charge in [-0.05, 0) is 52.6 Å². The predicted octanol–water partition coefficient (Wildman–Crippen LogP) is 4.29. The minimum Gasteiger partial charge on any atom is -0.394 e. The second-order valence-electron chi connectivity index (χ2n) is 8.06. The van der Waals surface area contributed by atoms with Crippen molar-refractivity contribution in [2.75, 3.05) is 18.5 Å². The summed E-state index contributed by atoms with van der Waals surface area (Å²) in [6.45, 7) is 1.30. The van der Waals surface area contributed by atoms with Crippen molar-refractivity contribution >= 4 is 11.6 Å². The Morgan fingerprint density at radius 3 is 2.39 bits per heavy atom. The van der Waals surface area contributed by atoms with Crippen LogP contribution in [0.4, 0.5) is 18.9 Å². The molecule has 0 fully saturated rings. The van der Waals surface area contributed by atoms with Crippen LogP contribution in [0.25, 0.3) is 11.1 Å². The maximum Gasteiger partial charge on any atom is 0.416 e. The van der Waals surface area contributed by atoms with Crippen molar-refractivity contribution in [2.45, 2.75) is 25.4 Å². The third-order valence-electron chi connectivity index (χ3n) is 5.63. The number of nitrogens with one attached hydrogen (secondary N) is 1. The number of anilines is 1. The van der Waals surface area contributed by atoms with Gasteiger partial charge < -0.3 is 15.5 Å². The number of carbonyl (C=O) groups is 1. The van der Waals surface area contributed by atoms with E-state index in [0.717, 1.165) is 23.3 Å². The normalized spacial score (nSPS) is 14.7. The summed E-state index contributed by atoms with van der Waals surface area (Å²) >= 11 is 0. The number of aliphatic hydroxyl groups is 2. The van der Waals surface area contributed by atoms with Gasteiger partial charge in [0, 0.05) is 30.9 Å². The van der Waals surface area contributed by atoms with E-state index in [0.29, 0.717) is 42.0 Å². The molecule has 3 N–H and O–H groups in total. The Bertz CT molecular complexity index is 1150. The molecule has 4 rings (SSSR count). The third kappa shape index (κ3) is 5.24. The van der Waals surface area contributed by atoms with Crippen molar-refractivity contribution in [1.82, 2.24) is 4.90 Å². The molecule has 5 nitrogen and oxygen atoms in total. The van der Waals surface area contributed by atoms with Gasteiger partial charge in [-0.15, -0.1) is 0 Å². The largest absolute Gasteiger partial charge is 0.416 e. The summed E-state index contributed by atoms with van der Waals surface area (Å²) < 4.78 is 38.6. The highest BCUT2D eigenvalue weighted by atomic mass is 19.4. The highest BCUT2D eigenvalue weighted by Crippen LogP contribution is 2.32. The lowest BCUT2D eigenvalue weighted by atomic mass is 9.98. The summed E-state index contributed by atoms with van der Waals surface area (Å²) in [6, 6.07) is 17.1. The topological polar surface area (TPSA) is 72.8 Å². The summed E-state index contributed by atoms with van der Waals surface area (Å²) in [5, 5.41) is 21.6. The van der Waals surface area contributed by atoms with Crippen LogP contribution in [0.2, 0.25) is 0 Å². The molecular weight excluding hydrogens is 433 g/mol. The Morgan fingerprint density at radius 1 is 1.00 bits per heavy atom. The molecule has 1 unspecified atom stereocenters. The Hall–Kier alpha value is -3.20. The van der Waals surface area contributed by atoms with Crippen LogP contribution in [0.5, 0.6) is 0 Å². The first-order chi connectivity index (χ1) is 15.7. The lowest BCUT2D eigenvalue weighted by Gasteiger charge is -2.17. The summed E-state index contributed by atoms with van der Waals surface area (Å²) in [4.78, 5) is 15.0.